The van der Waals surface area contributed by atoms with Gasteiger partial charge in [-0.15, -0.1) is 0 Å². The lowest BCUT2D eigenvalue weighted by molar-refractivity contribution is -0.127. The Morgan fingerprint density at radius 1 is 0.976 bits per heavy atom. The number of benzene rings is 4. The number of halogens is 1. The van der Waals surface area contributed by atoms with Crippen molar-refractivity contribution in [3.05, 3.63) is 98.5 Å². The van der Waals surface area contributed by atoms with Gasteiger partial charge in [0.05, 0.1) is 27.9 Å². The summed E-state index contributed by atoms with van der Waals surface area (Å²) in [6.07, 6.45) is 1.63. The molecule has 0 aromatic heterocycles. The van der Waals surface area contributed by atoms with Gasteiger partial charge >= 0.3 is 0 Å². The van der Waals surface area contributed by atoms with Crippen LogP contribution in [-0.2, 0) is 16.2 Å². The van der Waals surface area contributed by atoms with Crippen LogP contribution in [0.25, 0.3) is 16.8 Å². The molecular formula is C32H27IN2O6S. The molecular weight excluding hydrogens is 667 g/mol. The molecule has 5 rings (SSSR count). The van der Waals surface area contributed by atoms with E-state index in [2.05, 4.69) is 46.1 Å². The number of hydrogen-bond donors (Lipinski definition) is 1. The van der Waals surface area contributed by atoms with Crippen molar-refractivity contribution in [2.24, 2.45) is 0 Å². The zero-order valence-corrected chi connectivity index (χ0v) is 25.9. The molecule has 0 unspecified atom stereocenters. The maximum atomic E-state index is 13.1. The summed E-state index contributed by atoms with van der Waals surface area (Å²) in [4.78, 5) is 39.6. The zero-order chi connectivity index (χ0) is 29.6. The van der Waals surface area contributed by atoms with Crippen molar-refractivity contribution in [1.82, 2.24) is 4.90 Å². The number of carbonyl (C=O) groups is 3. The van der Waals surface area contributed by atoms with Crippen LogP contribution in [0.2, 0.25) is 0 Å². The van der Waals surface area contributed by atoms with Gasteiger partial charge < -0.3 is 19.5 Å². The van der Waals surface area contributed by atoms with E-state index in [1.165, 1.54) is 7.11 Å². The summed E-state index contributed by atoms with van der Waals surface area (Å²) in [6, 6.07) is 24.8. The average molecular weight is 695 g/mol. The van der Waals surface area contributed by atoms with Gasteiger partial charge in [-0.1, -0.05) is 54.6 Å². The summed E-state index contributed by atoms with van der Waals surface area (Å²) >= 11 is 2.97. The van der Waals surface area contributed by atoms with Crippen LogP contribution in [0.5, 0.6) is 17.2 Å². The molecule has 3 amide bonds. The van der Waals surface area contributed by atoms with Crippen LogP contribution >= 0.6 is 34.4 Å². The Balaban J connectivity index is 1.32. The molecule has 1 heterocycles. The molecule has 1 fully saturated rings. The summed E-state index contributed by atoms with van der Waals surface area (Å²) in [7, 11) is 1.49. The Hall–Kier alpha value is -4.03. The molecule has 0 atom stereocenters. The second-order valence-corrected chi connectivity index (χ2v) is 11.4. The Kier molecular flexibility index (Phi) is 9.33. The van der Waals surface area contributed by atoms with E-state index in [0.717, 1.165) is 36.6 Å². The molecule has 1 aliphatic rings. The van der Waals surface area contributed by atoms with Crippen LogP contribution in [0.4, 0.5) is 10.5 Å². The molecule has 4 aromatic carbocycles. The Labute approximate surface area is 261 Å². The van der Waals surface area contributed by atoms with E-state index >= 15 is 0 Å². The van der Waals surface area contributed by atoms with Gasteiger partial charge in [-0.2, -0.15) is 0 Å². The maximum absolute atomic E-state index is 13.1. The number of anilines is 1. The lowest BCUT2D eigenvalue weighted by atomic mass is 10.1. The van der Waals surface area contributed by atoms with Crippen LogP contribution in [0, 0.1) is 3.57 Å². The molecule has 0 radical (unpaired) electrons. The highest BCUT2D eigenvalue weighted by atomic mass is 127. The molecule has 214 valence electrons. The fourth-order valence-corrected chi connectivity index (χ4v) is 6.13. The standard InChI is InChI=1S/C32H27IN2O6S/c1-3-40-27-16-20(15-24(33)30(27)41-19-22-11-8-10-21-9-4-5-12-23(21)22)17-28-31(37)35(32(38)42-28)18-29(36)34-25-13-6-7-14-26(25)39-2/h4-17H,3,18-19H2,1-2H3,(H,34,36)/b28-17+. The van der Waals surface area contributed by atoms with E-state index in [4.69, 9.17) is 14.2 Å². The smallest absolute Gasteiger partial charge is 0.294 e. The van der Waals surface area contributed by atoms with Crippen LogP contribution in [-0.4, -0.2) is 42.2 Å². The number of nitrogens with zero attached hydrogens (tertiary/aromatic N) is 1. The van der Waals surface area contributed by atoms with Crippen molar-refractivity contribution in [3.8, 4) is 17.2 Å². The van der Waals surface area contributed by atoms with Gasteiger partial charge in [-0.05, 0) is 93.5 Å². The Bertz CT molecular complexity index is 1700. The van der Waals surface area contributed by atoms with Crippen molar-refractivity contribution in [1.29, 1.82) is 0 Å². The van der Waals surface area contributed by atoms with Crippen molar-refractivity contribution < 1.29 is 28.6 Å². The molecule has 8 nitrogen and oxygen atoms in total. The second kappa shape index (κ2) is 13.3. The van der Waals surface area contributed by atoms with Gasteiger partial charge in [0, 0.05) is 0 Å². The van der Waals surface area contributed by atoms with Crippen molar-refractivity contribution in [2.75, 3.05) is 25.6 Å². The average Bonchev–Trinajstić information content (AvgIpc) is 3.24. The summed E-state index contributed by atoms with van der Waals surface area (Å²) in [6.45, 7) is 2.24. The number of amides is 3. The van der Waals surface area contributed by atoms with Crippen LogP contribution < -0.4 is 19.5 Å². The molecule has 0 aliphatic carbocycles. The third-order valence-electron chi connectivity index (χ3n) is 6.44. The highest BCUT2D eigenvalue weighted by Gasteiger charge is 2.36. The van der Waals surface area contributed by atoms with E-state index in [1.807, 2.05) is 37.3 Å². The summed E-state index contributed by atoms with van der Waals surface area (Å²) < 4.78 is 18.2. The van der Waals surface area contributed by atoms with E-state index in [-0.39, 0.29) is 4.91 Å². The normalized spacial score (nSPS) is 14.0. The predicted molar refractivity (Wildman–Crippen MR) is 173 cm³/mol. The second-order valence-electron chi connectivity index (χ2n) is 9.21. The quantitative estimate of drug-likeness (QED) is 0.140. The monoisotopic (exact) mass is 694 g/mol. The first-order valence-electron chi connectivity index (χ1n) is 13.1. The number of nitrogens with one attached hydrogen (secondary N) is 1. The maximum Gasteiger partial charge on any atom is 0.294 e. The lowest BCUT2D eigenvalue weighted by Gasteiger charge is -2.16. The molecule has 0 spiro atoms. The van der Waals surface area contributed by atoms with Gasteiger partial charge in [-0.3, -0.25) is 19.3 Å². The first-order valence-corrected chi connectivity index (χ1v) is 15.0. The van der Waals surface area contributed by atoms with Crippen molar-refractivity contribution in [2.45, 2.75) is 13.5 Å². The highest BCUT2D eigenvalue weighted by molar-refractivity contribution is 14.1. The molecule has 42 heavy (non-hydrogen) atoms. The topological polar surface area (TPSA) is 94.2 Å². The van der Waals surface area contributed by atoms with Gasteiger partial charge in [0.15, 0.2) is 11.5 Å². The minimum absolute atomic E-state index is 0.216. The van der Waals surface area contributed by atoms with Gasteiger partial charge in [0.2, 0.25) is 5.91 Å². The summed E-state index contributed by atoms with van der Waals surface area (Å²) in [5.41, 5.74) is 2.18. The van der Waals surface area contributed by atoms with Crippen molar-refractivity contribution >= 4 is 73.9 Å². The first-order chi connectivity index (χ1) is 20.4. The fourth-order valence-electron chi connectivity index (χ4n) is 4.51. The fraction of sp³-hybridized carbons (Fsp3) is 0.156. The van der Waals surface area contributed by atoms with Crippen LogP contribution in [0.15, 0.2) is 83.8 Å². The molecule has 10 heteroatoms. The molecule has 1 aliphatic heterocycles. The highest BCUT2D eigenvalue weighted by Crippen LogP contribution is 2.38. The van der Waals surface area contributed by atoms with E-state index < -0.39 is 23.6 Å². The SMILES string of the molecule is CCOc1cc(/C=C2/SC(=O)N(CC(=O)Nc3ccccc3OC)C2=O)cc(I)c1OCc1cccc2ccccc12. The molecule has 1 N–H and O–H groups in total. The first kappa shape index (κ1) is 29.5. The number of thioether (sulfide) groups is 1. The van der Waals surface area contributed by atoms with Crippen LogP contribution in [0.1, 0.15) is 18.1 Å². The lowest BCUT2D eigenvalue weighted by Crippen LogP contribution is -2.36. The number of imide groups is 1. The minimum Gasteiger partial charge on any atom is -0.495 e. The van der Waals surface area contributed by atoms with Crippen molar-refractivity contribution in [3.63, 3.8) is 0 Å². The molecule has 0 bridgehead atoms. The number of fused-ring (bicyclic) bond motifs is 1. The van der Waals surface area contributed by atoms with Gasteiger partial charge in [-0.25, -0.2) is 0 Å². The van der Waals surface area contributed by atoms with Gasteiger partial charge in [0.1, 0.15) is 18.9 Å². The largest absolute Gasteiger partial charge is 0.495 e. The van der Waals surface area contributed by atoms with E-state index in [0.29, 0.717) is 41.7 Å². The molecule has 0 saturated carbocycles. The number of hydrogen-bond acceptors (Lipinski definition) is 7. The summed E-state index contributed by atoms with van der Waals surface area (Å²) in [5, 5.41) is 4.44. The Morgan fingerprint density at radius 3 is 2.55 bits per heavy atom. The van der Waals surface area contributed by atoms with Crippen LogP contribution in [0.3, 0.4) is 0 Å². The number of rotatable bonds is 10. The number of para-hydroxylation sites is 2. The van der Waals surface area contributed by atoms with E-state index in [9.17, 15) is 14.4 Å². The predicted octanol–water partition coefficient (Wildman–Crippen LogP) is 7.11. The minimum atomic E-state index is -0.538. The number of ether oxygens (including phenoxy) is 3. The van der Waals surface area contributed by atoms with Gasteiger partial charge in [0.25, 0.3) is 11.1 Å². The molecule has 1 saturated heterocycles. The van der Waals surface area contributed by atoms with E-state index in [1.54, 1.807) is 36.4 Å². The third kappa shape index (κ3) is 6.55. The number of carbonyl (C=O) groups excluding carboxylic acids is 3. The number of methoxy groups -OCH3 is 1. The summed E-state index contributed by atoms with van der Waals surface area (Å²) in [5.74, 6) is 0.562. The molecule has 4 aromatic rings. The Morgan fingerprint density at radius 2 is 1.74 bits per heavy atom. The third-order valence-corrected chi connectivity index (χ3v) is 8.15. The zero-order valence-electron chi connectivity index (χ0n) is 22.9.